The number of carbonyl (C=O) groups excluding carboxylic acids is 1. The Morgan fingerprint density at radius 3 is 2.27 bits per heavy atom. The van der Waals surface area contributed by atoms with Gasteiger partial charge in [0.25, 0.3) is 0 Å². The lowest BCUT2D eigenvalue weighted by atomic mass is 10.3. The van der Waals surface area contributed by atoms with Crippen molar-refractivity contribution in [2.45, 2.75) is 33.0 Å². The van der Waals surface area contributed by atoms with Gasteiger partial charge < -0.3 is 4.74 Å². The molecule has 0 amide bonds. The number of esters is 1. The molecule has 3 nitrogen and oxygen atoms in total. The first-order valence-electron chi connectivity index (χ1n) is 4.79. The molecule has 0 aliphatic rings. The van der Waals surface area contributed by atoms with Crippen LogP contribution in [0.25, 0.3) is 0 Å². The van der Waals surface area contributed by atoms with Crippen molar-refractivity contribution >= 4 is 5.97 Å². The summed E-state index contributed by atoms with van der Waals surface area (Å²) in [5.41, 5.74) is 0. The van der Waals surface area contributed by atoms with Crippen molar-refractivity contribution in [2.24, 2.45) is 0 Å². The Hall–Kier alpha value is -0.780. The van der Waals surface area contributed by atoms with Gasteiger partial charge in [-0.2, -0.15) is 13.2 Å². The maximum Gasteiger partial charge on any atom is 0.401 e. The monoisotopic (exact) mass is 227 g/mol. The highest BCUT2D eigenvalue weighted by Crippen LogP contribution is 2.18. The van der Waals surface area contributed by atoms with Crippen molar-refractivity contribution in [1.82, 2.24) is 4.90 Å². The van der Waals surface area contributed by atoms with Gasteiger partial charge in [0, 0.05) is 0 Å². The first kappa shape index (κ1) is 14.2. The Balaban J connectivity index is 4.34. The van der Waals surface area contributed by atoms with Gasteiger partial charge in [-0.25, -0.2) is 0 Å². The predicted molar refractivity (Wildman–Crippen MR) is 49.4 cm³/mol. The topological polar surface area (TPSA) is 29.5 Å². The minimum atomic E-state index is -4.29. The molecule has 0 fully saturated rings. The van der Waals surface area contributed by atoms with Crippen LogP contribution in [-0.2, 0) is 9.53 Å². The van der Waals surface area contributed by atoms with Crippen LogP contribution in [0.2, 0.25) is 0 Å². The standard InChI is InChI=1S/C9H16F3NO2/c1-4-13(6-9(10,11)12)7(3)8(14)15-5-2/h7H,4-6H2,1-3H3. The second-order valence-electron chi connectivity index (χ2n) is 3.11. The molecule has 0 spiro atoms. The molecule has 0 rings (SSSR count). The van der Waals surface area contributed by atoms with Crippen molar-refractivity contribution < 1.29 is 22.7 Å². The van der Waals surface area contributed by atoms with E-state index in [0.29, 0.717) is 0 Å². The first-order valence-corrected chi connectivity index (χ1v) is 4.79. The van der Waals surface area contributed by atoms with E-state index in [0.717, 1.165) is 4.90 Å². The molecule has 0 radical (unpaired) electrons. The van der Waals surface area contributed by atoms with Crippen molar-refractivity contribution in [1.29, 1.82) is 0 Å². The predicted octanol–water partition coefficient (Wildman–Crippen LogP) is 1.82. The number of nitrogens with zero attached hydrogens (tertiary/aromatic N) is 1. The number of carbonyl (C=O) groups is 1. The zero-order valence-electron chi connectivity index (χ0n) is 9.10. The van der Waals surface area contributed by atoms with E-state index in [1.165, 1.54) is 6.92 Å². The summed E-state index contributed by atoms with van der Waals surface area (Å²) in [5, 5.41) is 0. The van der Waals surface area contributed by atoms with E-state index in [1.807, 2.05) is 0 Å². The summed E-state index contributed by atoms with van der Waals surface area (Å²) < 4.78 is 41.0. The summed E-state index contributed by atoms with van der Waals surface area (Å²) in [5.74, 6) is -0.622. The lowest BCUT2D eigenvalue weighted by Gasteiger charge is -2.26. The average molecular weight is 227 g/mol. The Bertz CT molecular complexity index is 206. The molecule has 90 valence electrons. The molecule has 0 aliphatic carbocycles. The second-order valence-corrected chi connectivity index (χ2v) is 3.11. The molecular formula is C9H16F3NO2. The fourth-order valence-electron chi connectivity index (χ4n) is 1.16. The molecule has 0 aromatic rings. The molecule has 0 bridgehead atoms. The Morgan fingerprint density at radius 1 is 1.40 bits per heavy atom. The molecule has 1 unspecified atom stereocenters. The number of hydrogen-bond donors (Lipinski definition) is 0. The summed E-state index contributed by atoms with van der Waals surface area (Å²) >= 11 is 0. The molecule has 1 atom stereocenters. The van der Waals surface area contributed by atoms with E-state index in [4.69, 9.17) is 0 Å². The van der Waals surface area contributed by atoms with Gasteiger partial charge in [-0.1, -0.05) is 6.92 Å². The highest BCUT2D eigenvalue weighted by atomic mass is 19.4. The molecule has 15 heavy (non-hydrogen) atoms. The van der Waals surface area contributed by atoms with E-state index >= 15 is 0 Å². The minimum Gasteiger partial charge on any atom is -0.465 e. The highest BCUT2D eigenvalue weighted by molar-refractivity contribution is 5.75. The van der Waals surface area contributed by atoms with Gasteiger partial charge in [-0.15, -0.1) is 0 Å². The van der Waals surface area contributed by atoms with Crippen molar-refractivity contribution in [2.75, 3.05) is 19.7 Å². The maximum absolute atomic E-state index is 12.1. The van der Waals surface area contributed by atoms with Gasteiger partial charge in [-0.3, -0.25) is 9.69 Å². The molecule has 0 saturated carbocycles. The number of alkyl halides is 3. The van der Waals surface area contributed by atoms with E-state index in [9.17, 15) is 18.0 Å². The Kier molecular flexibility index (Phi) is 5.64. The van der Waals surface area contributed by atoms with E-state index in [-0.39, 0.29) is 13.2 Å². The van der Waals surface area contributed by atoms with Crippen LogP contribution in [0.5, 0.6) is 0 Å². The number of halogens is 3. The summed E-state index contributed by atoms with van der Waals surface area (Å²) in [7, 11) is 0. The lowest BCUT2D eigenvalue weighted by molar-refractivity contribution is -0.163. The summed E-state index contributed by atoms with van der Waals surface area (Å²) in [6.45, 7) is 3.83. The van der Waals surface area contributed by atoms with Crippen LogP contribution in [0, 0.1) is 0 Å². The summed E-state index contributed by atoms with van der Waals surface area (Å²) in [4.78, 5) is 12.2. The average Bonchev–Trinajstić information content (AvgIpc) is 2.12. The number of likely N-dealkylation sites (N-methyl/N-ethyl adjacent to an activating group) is 1. The first-order chi connectivity index (χ1) is 6.81. The van der Waals surface area contributed by atoms with Crippen LogP contribution in [0.1, 0.15) is 20.8 Å². The Morgan fingerprint density at radius 2 is 1.93 bits per heavy atom. The smallest absolute Gasteiger partial charge is 0.401 e. The van der Waals surface area contributed by atoms with E-state index in [2.05, 4.69) is 4.74 Å². The van der Waals surface area contributed by atoms with Crippen LogP contribution in [-0.4, -0.2) is 42.8 Å². The van der Waals surface area contributed by atoms with Gasteiger partial charge in [0.15, 0.2) is 0 Å². The van der Waals surface area contributed by atoms with E-state index in [1.54, 1.807) is 13.8 Å². The van der Waals surface area contributed by atoms with Crippen molar-refractivity contribution in [3.63, 3.8) is 0 Å². The largest absolute Gasteiger partial charge is 0.465 e. The Labute approximate surface area is 87.2 Å². The fourth-order valence-corrected chi connectivity index (χ4v) is 1.16. The third-order valence-electron chi connectivity index (χ3n) is 1.96. The molecule has 0 heterocycles. The van der Waals surface area contributed by atoms with Crippen LogP contribution in [0.3, 0.4) is 0 Å². The molecule has 0 aromatic carbocycles. The van der Waals surface area contributed by atoms with Gasteiger partial charge in [0.05, 0.1) is 13.2 Å². The number of rotatable bonds is 5. The van der Waals surface area contributed by atoms with Gasteiger partial charge in [-0.05, 0) is 20.4 Å². The maximum atomic E-state index is 12.1. The normalized spacial score (nSPS) is 14.1. The molecule has 0 saturated heterocycles. The zero-order valence-corrected chi connectivity index (χ0v) is 9.10. The lowest BCUT2D eigenvalue weighted by Crippen LogP contribution is -2.44. The summed E-state index contributed by atoms with van der Waals surface area (Å²) in [6.07, 6.45) is -4.29. The second kappa shape index (κ2) is 5.95. The fraction of sp³-hybridized carbons (Fsp3) is 0.889. The molecule has 0 aromatic heterocycles. The van der Waals surface area contributed by atoms with Crippen LogP contribution in [0.15, 0.2) is 0 Å². The minimum absolute atomic E-state index is 0.152. The van der Waals surface area contributed by atoms with Crippen molar-refractivity contribution in [3.05, 3.63) is 0 Å². The third kappa shape index (κ3) is 5.61. The van der Waals surface area contributed by atoms with Crippen molar-refractivity contribution in [3.8, 4) is 0 Å². The van der Waals surface area contributed by atoms with Gasteiger partial charge in [0.1, 0.15) is 6.04 Å². The third-order valence-corrected chi connectivity index (χ3v) is 1.96. The van der Waals surface area contributed by atoms with E-state index < -0.39 is 24.7 Å². The number of hydrogen-bond acceptors (Lipinski definition) is 3. The van der Waals surface area contributed by atoms with Crippen LogP contribution >= 0.6 is 0 Å². The van der Waals surface area contributed by atoms with Gasteiger partial charge >= 0.3 is 12.1 Å². The van der Waals surface area contributed by atoms with Crippen LogP contribution in [0.4, 0.5) is 13.2 Å². The summed E-state index contributed by atoms with van der Waals surface area (Å²) in [6, 6.07) is -0.864. The molecule has 6 heteroatoms. The highest BCUT2D eigenvalue weighted by Gasteiger charge is 2.34. The van der Waals surface area contributed by atoms with Crippen LogP contribution < -0.4 is 0 Å². The molecule has 0 N–H and O–H groups in total. The quantitative estimate of drug-likeness (QED) is 0.671. The zero-order chi connectivity index (χ0) is 12.1. The van der Waals surface area contributed by atoms with Gasteiger partial charge in [0.2, 0.25) is 0 Å². The molecular weight excluding hydrogens is 211 g/mol. The SMILES string of the molecule is CCOC(=O)C(C)N(CC)CC(F)(F)F. The number of ether oxygens (including phenoxy) is 1. The molecule has 0 aliphatic heterocycles.